The van der Waals surface area contributed by atoms with E-state index >= 15 is 0 Å². The summed E-state index contributed by atoms with van der Waals surface area (Å²) in [5.41, 5.74) is 5.55. The van der Waals surface area contributed by atoms with E-state index in [1.807, 2.05) is 60.7 Å². The first-order valence-electron chi connectivity index (χ1n) is 8.52. The molecule has 0 amide bonds. The lowest BCUT2D eigenvalue weighted by Crippen LogP contribution is -2.13. The summed E-state index contributed by atoms with van der Waals surface area (Å²) in [6.45, 7) is 0. The molecular weight excluding hydrogens is 326 g/mol. The normalized spacial score (nSPS) is 12.8. The van der Waals surface area contributed by atoms with E-state index in [0.29, 0.717) is 11.3 Å². The maximum atomic E-state index is 12.6. The van der Waals surface area contributed by atoms with Crippen molar-refractivity contribution in [3.63, 3.8) is 0 Å². The Morgan fingerprint density at radius 2 is 1.50 bits per heavy atom. The van der Waals surface area contributed by atoms with Crippen molar-refractivity contribution in [3.05, 3.63) is 89.6 Å². The van der Waals surface area contributed by atoms with E-state index in [1.54, 1.807) is 0 Å². The highest BCUT2D eigenvalue weighted by molar-refractivity contribution is 5.85. The fraction of sp³-hybridized carbons (Fsp3) is 0.0909. The second-order valence-corrected chi connectivity index (χ2v) is 6.35. The minimum atomic E-state index is -0.381. The van der Waals surface area contributed by atoms with Gasteiger partial charge in [-0.05, 0) is 23.3 Å². The molecule has 0 aliphatic heterocycles. The number of para-hydroxylation sites is 1. The zero-order valence-corrected chi connectivity index (χ0v) is 13.9. The molecule has 0 unspecified atom stereocenters. The van der Waals surface area contributed by atoms with Crippen molar-refractivity contribution in [2.75, 3.05) is 0 Å². The van der Waals surface area contributed by atoms with E-state index < -0.39 is 0 Å². The van der Waals surface area contributed by atoms with Crippen molar-refractivity contribution in [1.29, 1.82) is 0 Å². The van der Waals surface area contributed by atoms with Gasteiger partial charge in [0.1, 0.15) is 5.69 Å². The van der Waals surface area contributed by atoms with Gasteiger partial charge in [-0.25, -0.2) is 0 Å². The van der Waals surface area contributed by atoms with Gasteiger partial charge in [0.25, 0.3) is 0 Å². The number of hydrogen-bond acceptors (Lipinski definition) is 4. The Labute approximate surface area is 150 Å². The van der Waals surface area contributed by atoms with Crippen molar-refractivity contribution in [2.45, 2.75) is 12.5 Å². The lowest BCUT2D eigenvalue weighted by molar-refractivity contribution is -0.146. The highest BCUT2D eigenvalue weighted by Gasteiger charge is 2.31. The molecule has 3 aromatic carbocycles. The zero-order valence-electron chi connectivity index (χ0n) is 13.9. The van der Waals surface area contributed by atoms with E-state index in [1.165, 1.54) is 0 Å². The average Bonchev–Trinajstić information content (AvgIpc) is 3.22. The molecule has 1 aliphatic carbocycles. The number of hydrogen-bond donors (Lipinski definition) is 0. The summed E-state index contributed by atoms with van der Waals surface area (Å²) in [7, 11) is 0. The number of fused-ring (bicyclic) bond motifs is 4. The lowest BCUT2D eigenvalue weighted by atomic mass is 10.1. The molecule has 1 aromatic heterocycles. The lowest BCUT2D eigenvalue weighted by Gasteiger charge is -2.14. The Kier molecular flexibility index (Phi) is 3.35. The van der Waals surface area contributed by atoms with Crippen molar-refractivity contribution < 1.29 is 14.1 Å². The van der Waals surface area contributed by atoms with Crippen LogP contribution in [-0.4, -0.2) is 11.1 Å². The predicted molar refractivity (Wildman–Crippen MR) is 97.5 cm³/mol. The molecule has 0 spiro atoms. The van der Waals surface area contributed by atoms with Crippen LogP contribution < -0.4 is 0 Å². The molecule has 1 aliphatic rings. The van der Waals surface area contributed by atoms with Crippen molar-refractivity contribution in [3.8, 4) is 11.1 Å². The van der Waals surface area contributed by atoms with Crippen LogP contribution in [0.4, 0.5) is 0 Å². The molecule has 4 heteroatoms. The highest BCUT2D eigenvalue weighted by atomic mass is 16.5. The van der Waals surface area contributed by atoms with Gasteiger partial charge in [0.05, 0.1) is 6.42 Å². The molecule has 5 rings (SSSR count). The van der Waals surface area contributed by atoms with E-state index in [0.717, 1.165) is 27.6 Å². The van der Waals surface area contributed by atoms with Crippen molar-refractivity contribution in [1.82, 2.24) is 5.16 Å². The first kappa shape index (κ1) is 14.9. The van der Waals surface area contributed by atoms with Crippen LogP contribution in [0, 0.1) is 0 Å². The topological polar surface area (TPSA) is 52.3 Å². The van der Waals surface area contributed by atoms with Gasteiger partial charge in [-0.3, -0.25) is 4.79 Å². The fourth-order valence-corrected chi connectivity index (χ4v) is 3.61. The van der Waals surface area contributed by atoms with Crippen LogP contribution in [0.5, 0.6) is 0 Å². The van der Waals surface area contributed by atoms with Crippen LogP contribution in [0.2, 0.25) is 0 Å². The van der Waals surface area contributed by atoms with E-state index in [-0.39, 0.29) is 18.5 Å². The Balaban J connectivity index is 1.45. The van der Waals surface area contributed by atoms with Gasteiger partial charge in [0.2, 0.25) is 0 Å². The van der Waals surface area contributed by atoms with Crippen LogP contribution in [0.25, 0.3) is 22.1 Å². The van der Waals surface area contributed by atoms with Gasteiger partial charge >= 0.3 is 5.97 Å². The molecule has 0 N–H and O–H groups in total. The van der Waals surface area contributed by atoms with Crippen LogP contribution in [0.15, 0.2) is 77.3 Å². The minimum absolute atomic E-state index is 0.0812. The van der Waals surface area contributed by atoms with Gasteiger partial charge < -0.3 is 9.26 Å². The summed E-state index contributed by atoms with van der Waals surface area (Å²) in [6.07, 6.45) is -0.300. The van der Waals surface area contributed by atoms with Crippen LogP contribution in [-0.2, 0) is 16.0 Å². The van der Waals surface area contributed by atoms with Crippen LogP contribution in [0.1, 0.15) is 22.9 Å². The summed E-state index contributed by atoms with van der Waals surface area (Å²) in [4.78, 5) is 12.6. The minimum Gasteiger partial charge on any atom is -0.452 e. The van der Waals surface area contributed by atoms with Crippen molar-refractivity contribution >= 4 is 16.9 Å². The molecule has 0 saturated carbocycles. The van der Waals surface area contributed by atoms with Gasteiger partial charge in [0, 0.05) is 16.5 Å². The number of carbonyl (C=O) groups is 1. The van der Waals surface area contributed by atoms with E-state index in [9.17, 15) is 4.79 Å². The third kappa shape index (κ3) is 2.30. The fourth-order valence-electron chi connectivity index (χ4n) is 3.61. The number of rotatable bonds is 3. The Hall–Kier alpha value is -3.40. The predicted octanol–water partition coefficient (Wildman–Crippen LogP) is 4.68. The summed E-state index contributed by atoms with van der Waals surface area (Å²) in [5, 5.41) is 4.87. The first-order valence-corrected chi connectivity index (χ1v) is 8.52. The number of ether oxygens (including phenoxy) is 1. The van der Waals surface area contributed by atoms with Crippen LogP contribution >= 0.6 is 0 Å². The maximum Gasteiger partial charge on any atom is 0.312 e. The summed E-state index contributed by atoms with van der Waals surface area (Å²) < 4.78 is 11.1. The quantitative estimate of drug-likeness (QED) is 0.508. The second-order valence-electron chi connectivity index (χ2n) is 6.35. The van der Waals surface area contributed by atoms with Gasteiger partial charge in [-0.15, -0.1) is 0 Å². The third-order valence-electron chi connectivity index (χ3n) is 4.79. The molecular formula is C22H15NO3. The number of aromatic nitrogens is 1. The molecule has 0 atom stereocenters. The van der Waals surface area contributed by atoms with Gasteiger partial charge in [-0.2, -0.15) is 0 Å². The summed E-state index contributed by atoms with van der Waals surface area (Å²) >= 11 is 0. The highest BCUT2D eigenvalue weighted by Crippen LogP contribution is 2.45. The monoisotopic (exact) mass is 341 g/mol. The zero-order chi connectivity index (χ0) is 17.5. The SMILES string of the molecule is O=C(Cc1noc2ccccc12)OC1c2ccccc2-c2ccccc21. The Morgan fingerprint density at radius 1 is 0.885 bits per heavy atom. The largest absolute Gasteiger partial charge is 0.452 e. The molecule has 4 nitrogen and oxygen atoms in total. The smallest absolute Gasteiger partial charge is 0.312 e. The van der Waals surface area contributed by atoms with Crippen LogP contribution in [0.3, 0.4) is 0 Å². The molecule has 0 fully saturated rings. The Bertz CT molecular complexity index is 1080. The first-order chi connectivity index (χ1) is 12.8. The molecule has 0 radical (unpaired) electrons. The molecule has 1 heterocycles. The molecule has 126 valence electrons. The maximum absolute atomic E-state index is 12.6. The molecule has 0 bridgehead atoms. The summed E-state index contributed by atoms with van der Waals surface area (Å²) in [5.74, 6) is -0.319. The molecule has 4 aromatic rings. The standard InChI is InChI=1S/C22H15NO3/c24-21(13-19-18-11-5-6-12-20(18)26-23-19)25-22-16-9-3-1-7-14(16)15-8-2-4-10-17(15)22/h1-12,22H,13H2. The van der Waals surface area contributed by atoms with Gasteiger partial charge in [-0.1, -0.05) is 65.8 Å². The van der Waals surface area contributed by atoms with Crippen molar-refractivity contribution in [2.24, 2.45) is 0 Å². The number of benzene rings is 3. The Morgan fingerprint density at radius 3 is 2.23 bits per heavy atom. The second kappa shape index (κ2) is 5.85. The summed E-state index contributed by atoms with van der Waals surface area (Å²) in [6, 6.07) is 23.6. The number of carbonyl (C=O) groups excluding carboxylic acids is 1. The molecule has 26 heavy (non-hydrogen) atoms. The van der Waals surface area contributed by atoms with E-state index in [4.69, 9.17) is 9.26 Å². The average molecular weight is 341 g/mol. The number of nitrogens with zero attached hydrogens (tertiary/aromatic N) is 1. The number of esters is 1. The molecule has 0 saturated heterocycles. The third-order valence-corrected chi connectivity index (χ3v) is 4.79. The van der Waals surface area contributed by atoms with Gasteiger partial charge in [0.15, 0.2) is 11.7 Å². The van der Waals surface area contributed by atoms with E-state index in [2.05, 4.69) is 17.3 Å².